The van der Waals surface area contributed by atoms with Crippen molar-refractivity contribution in [3.05, 3.63) is 76.7 Å². The predicted octanol–water partition coefficient (Wildman–Crippen LogP) is 6.84. The summed E-state index contributed by atoms with van der Waals surface area (Å²) in [4.78, 5) is 8.82. The number of halogens is 2. The van der Waals surface area contributed by atoms with Crippen LogP contribution < -0.4 is 10.5 Å². The van der Waals surface area contributed by atoms with Crippen LogP contribution in [0.5, 0.6) is 5.75 Å². The van der Waals surface area contributed by atoms with E-state index in [-0.39, 0.29) is 23.3 Å². The number of anilines is 1. The largest absolute Gasteiger partial charge is 0.479 e. The Labute approximate surface area is 238 Å². The SMILES string of the molecule is CCn1ncc(Cn2ccnc2-c2ccc(F)cc2C(CO[Si](C)(C)C(C)(C)C)Oc2cccnc2N)c1Br. The van der Waals surface area contributed by atoms with Gasteiger partial charge in [0.15, 0.2) is 19.9 Å². The topological polar surface area (TPSA) is 93.0 Å². The van der Waals surface area contributed by atoms with E-state index in [2.05, 4.69) is 64.9 Å². The van der Waals surface area contributed by atoms with E-state index in [0.717, 1.165) is 22.3 Å². The van der Waals surface area contributed by atoms with Gasteiger partial charge in [0.1, 0.15) is 22.3 Å². The summed E-state index contributed by atoms with van der Waals surface area (Å²) in [6.07, 6.45) is 6.43. The molecule has 0 spiro atoms. The van der Waals surface area contributed by atoms with Crippen LogP contribution in [0.3, 0.4) is 0 Å². The second-order valence-corrected chi connectivity index (χ2v) is 16.5. The van der Waals surface area contributed by atoms with Gasteiger partial charge in [0.05, 0.1) is 19.3 Å². The summed E-state index contributed by atoms with van der Waals surface area (Å²) in [6, 6.07) is 8.18. The number of aromatic nitrogens is 5. The van der Waals surface area contributed by atoms with E-state index in [0.29, 0.717) is 23.7 Å². The van der Waals surface area contributed by atoms with Gasteiger partial charge in [0.2, 0.25) is 0 Å². The first kappa shape index (κ1) is 29.0. The molecule has 39 heavy (non-hydrogen) atoms. The van der Waals surface area contributed by atoms with Crippen LogP contribution in [0.25, 0.3) is 11.4 Å². The molecule has 1 unspecified atom stereocenters. The number of rotatable bonds is 10. The smallest absolute Gasteiger partial charge is 0.192 e. The Kier molecular flexibility index (Phi) is 8.62. The second-order valence-electron chi connectivity index (χ2n) is 11.0. The normalized spacial score (nSPS) is 13.0. The number of aryl methyl sites for hydroxylation is 1. The minimum atomic E-state index is -2.15. The van der Waals surface area contributed by atoms with Gasteiger partial charge in [-0.25, -0.2) is 14.4 Å². The number of pyridine rings is 1. The molecule has 0 amide bonds. The van der Waals surface area contributed by atoms with Crippen molar-refractivity contribution >= 4 is 30.1 Å². The average Bonchev–Trinajstić information content (AvgIpc) is 3.48. The molecule has 0 aliphatic carbocycles. The summed E-state index contributed by atoms with van der Waals surface area (Å²) in [7, 11) is -2.15. The molecule has 0 radical (unpaired) electrons. The number of hydrogen-bond donors (Lipinski definition) is 1. The standard InChI is InChI=1S/C28H36BrFN6O2Si/c1-7-36-25(29)19(16-34-36)17-35-14-13-33-27(35)21-11-10-20(30)15-22(21)24(18-37-39(5,6)28(2,3)4)38-23-9-8-12-32-26(23)31/h8-16,24H,7,17-18H2,1-6H3,(H2,31,32). The maximum absolute atomic E-state index is 14.8. The highest BCUT2D eigenvalue weighted by Crippen LogP contribution is 2.39. The number of hydrogen-bond acceptors (Lipinski definition) is 6. The zero-order valence-corrected chi connectivity index (χ0v) is 25.9. The van der Waals surface area contributed by atoms with Gasteiger partial charge in [-0.2, -0.15) is 5.10 Å². The molecule has 11 heteroatoms. The molecular weight excluding hydrogens is 579 g/mol. The van der Waals surface area contributed by atoms with E-state index in [4.69, 9.17) is 14.9 Å². The fraction of sp³-hybridized carbons (Fsp3) is 0.393. The first-order chi connectivity index (χ1) is 18.4. The van der Waals surface area contributed by atoms with Crippen molar-refractivity contribution in [3.8, 4) is 17.1 Å². The number of imidazole rings is 1. The molecule has 0 bridgehead atoms. The molecule has 3 heterocycles. The Hall–Kier alpha value is -3.02. The first-order valence-electron chi connectivity index (χ1n) is 12.9. The Bertz CT molecular complexity index is 1430. The van der Waals surface area contributed by atoms with Gasteiger partial charge < -0.3 is 19.5 Å². The Morgan fingerprint density at radius 2 is 1.92 bits per heavy atom. The van der Waals surface area contributed by atoms with Gasteiger partial charge >= 0.3 is 0 Å². The average molecular weight is 616 g/mol. The lowest BCUT2D eigenvalue weighted by atomic mass is 10.0. The van der Waals surface area contributed by atoms with Gasteiger partial charge in [-0.05, 0) is 71.3 Å². The summed E-state index contributed by atoms with van der Waals surface area (Å²) < 4.78 is 32.6. The minimum Gasteiger partial charge on any atom is -0.479 e. The highest BCUT2D eigenvalue weighted by molar-refractivity contribution is 9.10. The molecule has 208 valence electrons. The van der Waals surface area contributed by atoms with Crippen molar-refractivity contribution < 1.29 is 13.6 Å². The lowest BCUT2D eigenvalue weighted by Gasteiger charge is -2.37. The van der Waals surface area contributed by atoms with Crippen molar-refractivity contribution in [3.63, 3.8) is 0 Å². The molecule has 1 aromatic carbocycles. The highest BCUT2D eigenvalue weighted by Gasteiger charge is 2.38. The molecule has 0 saturated heterocycles. The van der Waals surface area contributed by atoms with Crippen LogP contribution in [0.15, 0.2) is 59.7 Å². The molecule has 3 aromatic heterocycles. The fourth-order valence-electron chi connectivity index (χ4n) is 3.95. The monoisotopic (exact) mass is 614 g/mol. The highest BCUT2D eigenvalue weighted by atomic mass is 79.9. The molecule has 0 fully saturated rings. The lowest BCUT2D eigenvalue weighted by Crippen LogP contribution is -2.42. The zero-order chi connectivity index (χ0) is 28.4. The second kappa shape index (κ2) is 11.6. The predicted molar refractivity (Wildman–Crippen MR) is 157 cm³/mol. The van der Waals surface area contributed by atoms with Crippen LogP contribution in [0.1, 0.15) is 44.9 Å². The molecule has 0 aliphatic heterocycles. The van der Waals surface area contributed by atoms with Crippen molar-refractivity contribution in [1.82, 2.24) is 24.3 Å². The van der Waals surface area contributed by atoms with Crippen LogP contribution in [0.2, 0.25) is 18.1 Å². The maximum atomic E-state index is 14.8. The van der Waals surface area contributed by atoms with Gasteiger partial charge in [0.25, 0.3) is 0 Å². The summed E-state index contributed by atoms with van der Waals surface area (Å²) in [5.74, 6) is 0.975. The molecule has 0 saturated carbocycles. The lowest BCUT2D eigenvalue weighted by molar-refractivity contribution is 0.121. The van der Waals surface area contributed by atoms with E-state index in [1.165, 1.54) is 12.1 Å². The summed E-state index contributed by atoms with van der Waals surface area (Å²) >= 11 is 3.65. The van der Waals surface area contributed by atoms with Gasteiger partial charge in [-0.1, -0.05) is 20.8 Å². The van der Waals surface area contributed by atoms with Crippen LogP contribution in [-0.2, 0) is 17.5 Å². The van der Waals surface area contributed by atoms with E-state index in [1.807, 2.05) is 28.6 Å². The van der Waals surface area contributed by atoms with Crippen LogP contribution in [0.4, 0.5) is 10.2 Å². The van der Waals surface area contributed by atoms with E-state index in [1.54, 1.807) is 30.6 Å². The molecule has 1 atom stereocenters. The number of nitrogens with two attached hydrogens (primary N) is 1. The van der Waals surface area contributed by atoms with E-state index < -0.39 is 14.4 Å². The van der Waals surface area contributed by atoms with Crippen molar-refractivity contribution in [2.45, 2.75) is 65.0 Å². The Balaban J connectivity index is 1.76. The maximum Gasteiger partial charge on any atom is 0.192 e. The third-order valence-corrected chi connectivity index (χ3v) is 12.7. The number of benzene rings is 1. The summed E-state index contributed by atoms with van der Waals surface area (Å²) in [5, 5.41) is 4.42. The van der Waals surface area contributed by atoms with Crippen molar-refractivity contribution in [2.75, 3.05) is 12.3 Å². The molecule has 0 aliphatic rings. The van der Waals surface area contributed by atoms with Crippen molar-refractivity contribution in [2.24, 2.45) is 0 Å². The third-order valence-electron chi connectivity index (χ3n) is 7.27. The van der Waals surface area contributed by atoms with Crippen molar-refractivity contribution in [1.29, 1.82) is 0 Å². The summed E-state index contributed by atoms with van der Waals surface area (Å²) in [5.41, 5.74) is 8.50. The first-order valence-corrected chi connectivity index (χ1v) is 16.6. The van der Waals surface area contributed by atoms with Gasteiger partial charge in [0, 0.05) is 41.8 Å². The molecular formula is C28H36BrFN6O2Si. The van der Waals surface area contributed by atoms with Crippen LogP contribution in [0, 0.1) is 5.82 Å². The quantitative estimate of drug-likeness (QED) is 0.197. The minimum absolute atomic E-state index is 0.0117. The zero-order valence-electron chi connectivity index (χ0n) is 23.3. The summed E-state index contributed by atoms with van der Waals surface area (Å²) in [6.45, 7) is 14.4. The van der Waals surface area contributed by atoms with Crippen LogP contribution >= 0.6 is 15.9 Å². The Morgan fingerprint density at radius 3 is 2.59 bits per heavy atom. The van der Waals surface area contributed by atoms with Gasteiger partial charge in [-0.15, -0.1) is 0 Å². The molecule has 8 nitrogen and oxygen atoms in total. The fourth-order valence-corrected chi connectivity index (χ4v) is 5.52. The van der Waals surface area contributed by atoms with Crippen LogP contribution in [-0.4, -0.2) is 39.2 Å². The molecule has 2 N–H and O–H groups in total. The van der Waals surface area contributed by atoms with E-state index in [9.17, 15) is 4.39 Å². The van der Waals surface area contributed by atoms with E-state index >= 15 is 0 Å². The Morgan fingerprint density at radius 1 is 1.15 bits per heavy atom. The number of nitrogens with zero attached hydrogens (tertiary/aromatic N) is 5. The third kappa shape index (κ3) is 6.42. The molecule has 4 rings (SSSR count). The number of ether oxygens (including phenoxy) is 1. The number of nitrogen functional groups attached to an aromatic ring is 1. The molecule has 4 aromatic rings. The van der Waals surface area contributed by atoms with Gasteiger partial charge in [-0.3, -0.25) is 4.68 Å².